The van der Waals surface area contributed by atoms with Crippen LogP contribution in [0.15, 0.2) is 23.2 Å². The minimum absolute atomic E-state index is 0.0681. The molecule has 1 aromatic heterocycles. The monoisotopic (exact) mass is 343 g/mol. The molecule has 0 atom stereocenters. The maximum atomic E-state index is 12.4. The van der Waals surface area contributed by atoms with E-state index in [4.69, 9.17) is 10.8 Å². The number of alkyl halides is 3. The molecule has 118 valence electrons. The Bertz CT molecular complexity index is 602. The van der Waals surface area contributed by atoms with Gasteiger partial charge in [0.2, 0.25) is 10.0 Å². The average molecular weight is 343 g/mol. The fourth-order valence-corrected chi connectivity index (χ4v) is 2.91. The van der Waals surface area contributed by atoms with E-state index in [1.165, 1.54) is 6.07 Å². The summed E-state index contributed by atoms with van der Waals surface area (Å²) in [5.74, 6) is 0. The first-order valence-electron chi connectivity index (χ1n) is 5.51. The maximum Gasteiger partial charge on any atom is 0.402 e. The summed E-state index contributed by atoms with van der Waals surface area (Å²) in [4.78, 5) is 3.16. The Morgan fingerprint density at radius 3 is 2.43 bits per heavy atom. The van der Waals surface area contributed by atoms with Crippen LogP contribution in [0.3, 0.4) is 0 Å². The molecule has 1 heterocycles. The number of nitrogens with zero attached hydrogens (tertiary/aromatic N) is 2. The number of sulfonamides is 1. The third kappa shape index (κ3) is 4.88. The smallest absolute Gasteiger partial charge is 0.395 e. The molecule has 0 spiro atoms. The maximum absolute atomic E-state index is 12.4. The van der Waals surface area contributed by atoms with E-state index >= 15 is 0 Å². The zero-order chi connectivity index (χ0) is 16.3. The Kier molecular flexibility index (Phi) is 5.61. The quantitative estimate of drug-likeness (QED) is 0.720. The Hall–Kier alpha value is -1.30. The molecule has 0 bridgehead atoms. The van der Waals surface area contributed by atoms with E-state index in [0.717, 1.165) is 12.3 Å². The summed E-state index contributed by atoms with van der Waals surface area (Å²) in [5, 5.41) is 8.74. The van der Waals surface area contributed by atoms with Gasteiger partial charge >= 0.3 is 6.18 Å². The third-order valence-electron chi connectivity index (χ3n) is 2.33. The Balaban J connectivity index is 3.13. The van der Waals surface area contributed by atoms with Crippen molar-refractivity contribution in [2.24, 2.45) is 5.73 Å². The van der Waals surface area contributed by atoms with E-state index in [2.05, 4.69) is 17.2 Å². The largest absolute Gasteiger partial charge is 0.402 e. The lowest BCUT2D eigenvalue weighted by Crippen LogP contribution is -2.40. The standard InChI is InChI=1S/C10H12F3N3O3S2/c11-10(12,13)6-16(3-4-17)21(18,19)7-1-2-8(9(14)20)15-5-7/h1-2,5,17H,3-4,6H2,(H2,14,20). The van der Waals surface area contributed by atoms with Gasteiger partial charge < -0.3 is 10.8 Å². The van der Waals surface area contributed by atoms with Crippen LogP contribution < -0.4 is 5.73 Å². The fraction of sp³-hybridized carbons (Fsp3) is 0.400. The predicted octanol–water partition coefficient (Wildman–Crippen LogP) is 0.261. The molecule has 0 unspecified atom stereocenters. The van der Waals surface area contributed by atoms with Crippen LogP contribution in [0.25, 0.3) is 0 Å². The number of aliphatic hydroxyl groups excluding tert-OH is 1. The second-order valence-corrected chi connectivity index (χ2v) is 6.30. The van der Waals surface area contributed by atoms with E-state index in [1.807, 2.05) is 0 Å². The molecule has 0 aliphatic rings. The first-order valence-corrected chi connectivity index (χ1v) is 7.36. The highest BCUT2D eigenvalue weighted by Crippen LogP contribution is 2.22. The van der Waals surface area contributed by atoms with Gasteiger partial charge in [-0.25, -0.2) is 8.42 Å². The summed E-state index contributed by atoms with van der Waals surface area (Å²) in [5.41, 5.74) is 5.44. The molecule has 1 rings (SSSR count). The van der Waals surface area contributed by atoms with E-state index in [0.29, 0.717) is 0 Å². The number of aliphatic hydroxyl groups is 1. The number of nitrogens with two attached hydrogens (primary N) is 1. The van der Waals surface area contributed by atoms with Crippen LogP contribution in [0, 0.1) is 0 Å². The second kappa shape index (κ2) is 6.64. The Morgan fingerprint density at radius 1 is 1.43 bits per heavy atom. The SMILES string of the molecule is NC(=S)c1ccc(S(=O)(=O)N(CCO)CC(F)(F)F)cn1. The molecule has 0 aromatic carbocycles. The number of aromatic nitrogens is 1. The van der Waals surface area contributed by atoms with Crippen LogP contribution in [-0.4, -0.2) is 53.7 Å². The first kappa shape index (κ1) is 17.8. The van der Waals surface area contributed by atoms with Gasteiger partial charge in [-0.3, -0.25) is 4.98 Å². The highest BCUT2D eigenvalue weighted by Gasteiger charge is 2.36. The zero-order valence-electron chi connectivity index (χ0n) is 10.5. The highest BCUT2D eigenvalue weighted by atomic mass is 32.2. The number of hydrogen-bond acceptors (Lipinski definition) is 5. The molecular weight excluding hydrogens is 331 g/mol. The molecule has 0 aliphatic carbocycles. The molecular formula is C10H12F3N3O3S2. The van der Waals surface area contributed by atoms with Gasteiger partial charge in [-0.05, 0) is 12.1 Å². The van der Waals surface area contributed by atoms with Crippen LogP contribution in [-0.2, 0) is 10.0 Å². The van der Waals surface area contributed by atoms with Gasteiger partial charge in [0.1, 0.15) is 16.4 Å². The predicted molar refractivity (Wildman–Crippen MR) is 72.0 cm³/mol. The van der Waals surface area contributed by atoms with Crippen LogP contribution in [0.1, 0.15) is 5.69 Å². The number of hydrogen-bond donors (Lipinski definition) is 2. The fourth-order valence-electron chi connectivity index (χ4n) is 1.42. The third-order valence-corrected chi connectivity index (χ3v) is 4.37. The van der Waals surface area contributed by atoms with Gasteiger partial charge in [0.25, 0.3) is 0 Å². The lowest BCUT2D eigenvalue weighted by molar-refractivity contribution is -0.136. The Morgan fingerprint density at radius 2 is 2.05 bits per heavy atom. The molecule has 0 amide bonds. The number of rotatable bonds is 6. The summed E-state index contributed by atoms with van der Waals surface area (Å²) in [7, 11) is -4.43. The summed E-state index contributed by atoms with van der Waals surface area (Å²) in [6.07, 6.45) is -3.86. The molecule has 0 radical (unpaired) electrons. The first-order chi connectivity index (χ1) is 9.58. The van der Waals surface area contributed by atoms with E-state index < -0.39 is 40.8 Å². The number of halogens is 3. The molecule has 1 aromatic rings. The normalized spacial score (nSPS) is 12.6. The van der Waals surface area contributed by atoms with Crippen molar-refractivity contribution in [2.75, 3.05) is 19.7 Å². The van der Waals surface area contributed by atoms with Crippen molar-refractivity contribution in [2.45, 2.75) is 11.1 Å². The lowest BCUT2D eigenvalue weighted by Gasteiger charge is -2.22. The molecule has 6 nitrogen and oxygen atoms in total. The number of pyridine rings is 1. The Labute approximate surface area is 124 Å². The van der Waals surface area contributed by atoms with Crippen LogP contribution in [0.2, 0.25) is 0 Å². The second-order valence-electron chi connectivity index (χ2n) is 3.92. The summed E-state index contributed by atoms with van der Waals surface area (Å²) in [6.45, 7) is -3.13. The van der Waals surface area contributed by atoms with Crippen molar-refractivity contribution < 1.29 is 26.7 Å². The van der Waals surface area contributed by atoms with Crippen molar-refractivity contribution >= 4 is 27.2 Å². The molecule has 21 heavy (non-hydrogen) atoms. The van der Waals surface area contributed by atoms with Gasteiger partial charge in [0.05, 0.1) is 12.3 Å². The summed E-state index contributed by atoms with van der Waals surface area (Å²) < 4.78 is 61.5. The summed E-state index contributed by atoms with van der Waals surface area (Å²) in [6, 6.07) is 2.25. The average Bonchev–Trinajstić information content (AvgIpc) is 2.36. The van der Waals surface area contributed by atoms with Gasteiger partial charge in [0, 0.05) is 12.7 Å². The van der Waals surface area contributed by atoms with Crippen LogP contribution in [0.5, 0.6) is 0 Å². The topological polar surface area (TPSA) is 96.5 Å². The molecule has 0 fully saturated rings. The van der Waals surface area contributed by atoms with Crippen LogP contribution >= 0.6 is 12.2 Å². The molecule has 11 heteroatoms. The van der Waals surface area contributed by atoms with E-state index in [9.17, 15) is 21.6 Å². The molecule has 3 N–H and O–H groups in total. The minimum Gasteiger partial charge on any atom is -0.395 e. The van der Waals surface area contributed by atoms with E-state index in [-0.39, 0.29) is 15.0 Å². The number of thiocarbonyl (C=S) groups is 1. The zero-order valence-corrected chi connectivity index (χ0v) is 12.2. The van der Waals surface area contributed by atoms with Crippen molar-refractivity contribution in [3.63, 3.8) is 0 Å². The van der Waals surface area contributed by atoms with Gasteiger partial charge in [-0.2, -0.15) is 17.5 Å². The molecule has 0 aliphatic heterocycles. The van der Waals surface area contributed by atoms with E-state index in [1.54, 1.807) is 0 Å². The lowest BCUT2D eigenvalue weighted by atomic mass is 10.3. The summed E-state index contributed by atoms with van der Waals surface area (Å²) >= 11 is 4.64. The van der Waals surface area contributed by atoms with Crippen LogP contribution in [0.4, 0.5) is 13.2 Å². The van der Waals surface area contributed by atoms with Crippen molar-refractivity contribution in [3.8, 4) is 0 Å². The van der Waals surface area contributed by atoms with Gasteiger partial charge in [-0.1, -0.05) is 12.2 Å². The molecule has 0 saturated carbocycles. The van der Waals surface area contributed by atoms with Crippen molar-refractivity contribution in [1.82, 2.24) is 9.29 Å². The van der Waals surface area contributed by atoms with Gasteiger partial charge in [0.15, 0.2) is 0 Å². The van der Waals surface area contributed by atoms with Crippen molar-refractivity contribution in [3.05, 3.63) is 24.0 Å². The highest BCUT2D eigenvalue weighted by molar-refractivity contribution is 7.89. The minimum atomic E-state index is -4.73. The molecule has 0 saturated heterocycles. The van der Waals surface area contributed by atoms with Crippen molar-refractivity contribution in [1.29, 1.82) is 0 Å². The van der Waals surface area contributed by atoms with Gasteiger partial charge in [-0.15, -0.1) is 0 Å².